The monoisotopic (exact) mass is 305 g/mol. The normalized spacial score (nSPS) is 12.4. The molecule has 0 saturated heterocycles. The van der Waals surface area contributed by atoms with Gasteiger partial charge in [-0.2, -0.15) is 0 Å². The molecule has 1 atom stereocenters. The van der Waals surface area contributed by atoms with Gasteiger partial charge in [-0.3, -0.25) is 0 Å². The van der Waals surface area contributed by atoms with E-state index < -0.39 is 16.4 Å². The zero-order valence-corrected chi connectivity index (χ0v) is 12.1. The van der Waals surface area contributed by atoms with Crippen molar-refractivity contribution in [2.45, 2.75) is 11.3 Å². The lowest BCUT2D eigenvalue weighted by Gasteiger charge is -1.99. The molecule has 102 valence electrons. The molecule has 4 nitrogen and oxygen atoms in total. The molecule has 1 heterocycles. The van der Waals surface area contributed by atoms with Crippen LogP contribution in [0.15, 0.2) is 60.9 Å². The van der Waals surface area contributed by atoms with Gasteiger partial charge in [-0.1, -0.05) is 6.08 Å². The van der Waals surface area contributed by atoms with Crippen LogP contribution in [0, 0.1) is 0 Å². The van der Waals surface area contributed by atoms with E-state index in [1.165, 1.54) is 6.07 Å². The summed E-state index contributed by atoms with van der Waals surface area (Å²) in [6.07, 6.45) is 2.46. The van der Waals surface area contributed by atoms with E-state index in [-0.39, 0.29) is 0 Å². The molecule has 2 aromatic rings. The number of benzene rings is 1. The van der Waals surface area contributed by atoms with Gasteiger partial charge in [0.2, 0.25) is 0 Å². The van der Waals surface area contributed by atoms with Crippen molar-refractivity contribution in [2.75, 3.05) is 6.54 Å². The lowest BCUT2D eigenvalue weighted by atomic mass is 10.2. The largest absolute Gasteiger partial charge is 0.423 e. The van der Waals surface area contributed by atoms with Crippen molar-refractivity contribution < 1.29 is 8.63 Å². The van der Waals surface area contributed by atoms with Crippen molar-refractivity contribution in [3.05, 3.63) is 52.2 Å². The molecule has 0 saturated carbocycles. The topological polar surface area (TPSA) is 59.6 Å². The predicted octanol–water partition coefficient (Wildman–Crippen LogP) is 2.91. The molecule has 0 spiro atoms. The van der Waals surface area contributed by atoms with Crippen molar-refractivity contribution >= 4 is 39.1 Å². The van der Waals surface area contributed by atoms with E-state index in [0.29, 0.717) is 23.4 Å². The van der Waals surface area contributed by atoms with E-state index in [0.717, 1.165) is 5.39 Å². The summed E-state index contributed by atoms with van der Waals surface area (Å²) < 4.78 is 17.1. The Morgan fingerprint density at radius 1 is 1.35 bits per heavy atom. The van der Waals surface area contributed by atoms with Gasteiger partial charge in [0, 0.05) is 21.8 Å². The Bertz CT molecular complexity index is 773. The number of hydrogen-bond donors (Lipinski definition) is 0. The maximum absolute atomic E-state index is 12.1. The molecule has 20 heavy (non-hydrogen) atoms. The Balaban J connectivity index is 2.16. The van der Waals surface area contributed by atoms with Gasteiger partial charge in [0.15, 0.2) is 0 Å². The van der Waals surface area contributed by atoms with Gasteiger partial charge in [0.1, 0.15) is 5.58 Å². The van der Waals surface area contributed by atoms with Crippen molar-refractivity contribution in [1.29, 1.82) is 0 Å². The second kappa shape index (κ2) is 7.05. The Kier molecular flexibility index (Phi) is 5.12. The van der Waals surface area contributed by atoms with Gasteiger partial charge < -0.3 is 4.42 Å². The molecule has 0 N–H and O–H groups in total. The maximum atomic E-state index is 12.1. The highest BCUT2D eigenvalue weighted by Gasteiger charge is 2.03. The van der Waals surface area contributed by atoms with Crippen LogP contribution in [0.1, 0.15) is 6.42 Å². The number of isothiocyanates is 1. The molecule has 0 aliphatic heterocycles. The number of aliphatic imine (C=N–C) groups is 1. The van der Waals surface area contributed by atoms with Crippen LogP contribution in [0.4, 0.5) is 0 Å². The van der Waals surface area contributed by atoms with E-state index in [9.17, 15) is 9.00 Å². The van der Waals surface area contributed by atoms with Crippen LogP contribution in [0.5, 0.6) is 0 Å². The van der Waals surface area contributed by atoms with E-state index in [2.05, 4.69) is 22.4 Å². The van der Waals surface area contributed by atoms with Crippen molar-refractivity contribution in [3.8, 4) is 0 Å². The molecule has 0 amide bonds. The first-order valence-corrected chi connectivity index (χ1v) is 7.47. The van der Waals surface area contributed by atoms with Gasteiger partial charge >= 0.3 is 5.63 Å². The summed E-state index contributed by atoms with van der Waals surface area (Å²) in [6.45, 7) is 0.542. The van der Waals surface area contributed by atoms with Crippen LogP contribution in [0.2, 0.25) is 0 Å². The summed E-state index contributed by atoms with van der Waals surface area (Å²) in [6, 6.07) is 8.07. The van der Waals surface area contributed by atoms with E-state index in [4.69, 9.17) is 4.42 Å². The summed E-state index contributed by atoms with van der Waals surface area (Å²) in [5, 5.41) is 4.63. The van der Waals surface area contributed by atoms with Crippen molar-refractivity contribution in [2.24, 2.45) is 4.99 Å². The molecule has 2 rings (SSSR count). The fourth-order valence-electron chi connectivity index (χ4n) is 1.59. The minimum absolute atomic E-state index is 0.398. The zero-order valence-electron chi connectivity index (χ0n) is 10.4. The Morgan fingerprint density at radius 2 is 2.20 bits per heavy atom. The van der Waals surface area contributed by atoms with Gasteiger partial charge in [-0.15, -0.1) is 0 Å². The van der Waals surface area contributed by atoms with Crippen molar-refractivity contribution in [3.63, 3.8) is 0 Å². The van der Waals surface area contributed by atoms with Gasteiger partial charge in [0.25, 0.3) is 0 Å². The van der Waals surface area contributed by atoms with E-state index in [1.807, 2.05) is 0 Å². The molecule has 0 aliphatic rings. The molecule has 0 fully saturated rings. The summed E-state index contributed by atoms with van der Waals surface area (Å²) in [4.78, 5) is 15.5. The minimum atomic E-state index is -1.24. The standard InChI is InChI=1S/C14H11NO3S2/c16-14-6-3-11-9-12(4-5-13(11)18-14)20(17)8-2-1-7-15-10-19/h2-6,8-9H,1,7H2/b8-2+. The zero-order chi connectivity index (χ0) is 14.4. The molecular formula is C14H11NO3S2. The molecule has 0 aliphatic carbocycles. The smallest absolute Gasteiger partial charge is 0.336 e. The number of fused-ring (bicyclic) bond motifs is 1. The number of nitrogens with zero attached hydrogens (tertiary/aromatic N) is 1. The third-order valence-corrected chi connectivity index (χ3v) is 3.80. The van der Waals surface area contributed by atoms with Crippen LogP contribution in [-0.2, 0) is 10.8 Å². The molecule has 6 heteroatoms. The first kappa shape index (κ1) is 14.5. The fourth-order valence-corrected chi connectivity index (χ4v) is 2.60. The average Bonchev–Trinajstić information content (AvgIpc) is 2.46. The molecule has 1 aromatic heterocycles. The van der Waals surface area contributed by atoms with Gasteiger partial charge in [-0.05, 0) is 42.9 Å². The van der Waals surface area contributed by atoms with Crippen LogP contribution in [-0.4, -0.2) is 15.9 Å². The molecule has 0 radical (unpaired) electrons. The van der Waals surface area contributed by atoms with Gasteiger partial charge in [-0.25, -0.2) is 14.0 Å². The highest BCUT2D eigenvalue weighted by Crippen LogP contribution is 2.17. The second-order valence-electron chi connectivity index (χ2n) is 3.88. The number of thiocarbonyl (C=S) groups is 1. The number of rotatable bonds is 5. The van der Waals surface area contributed by atoms with Crippen LogP contribution >= 0.6 is 12.2 Å². The lowest BCUT2D eigenvalue weighted by Crippen LogP contribution is -1.95. The highest BCUT2D eigenvalue weighted by atomic mass is 32.2. The fraction of sp³-hybridized carbons (Fsp3) is 0.143. The summed E-state index contributed by atoms with van der Waals surface area (Å²) in [7, 11) is -1.24. The quantitative estimate of drug-likeness (QED) is 0.369. The van der Waals surface area contributed by atoms with Gasteiger partial charge in [0.05, 0.1) is 22.5 Å². The number of hydrogen-bond acceptors (Lipinski definition) is 5. The molecular weight excluding hydrogens is 294 g/mol. The first-order valence-electron chi connectivity index (χ1n) is 5.85. The predicted molar refractivity (Wildman–Crippen MR) is 82.5 cm³/mol. The highest BCUT2D eigenvalue weighted by molar-refractivity contribution is 7.88. The second-order valence-corrected chi connectivity index (χ2v) is 5.41. The van der Waals surface area contributed by atoms with Crippen LogP contribution in [0.25, 0.3) is 11.0 Å². The first-order chi connectivity index (χ1) is 9.70. The SMILES string of the molecule is O=c1ccc2cc(S(=O)/C=C/CCN=C=S)ccc2o1. The molecule has 1 aromatic carbocycles. The summed E-state index contributed by atoms with van der Waals surface area (Å²) in [5.41, 5.74) is 0.0860. The third kappa shape index (κ3) is 3.81. The van der Waals surface area contributed by atoms with Crippen LogP contribution in [0.3, 0.4) is 0 Å². The molecule has 0 bridgehead atoms. The Morgan fingerprint density at radius 3 is 3.00 bits per heavy atom. The maximum Gasteiger partial charge on any atom is 0.336 e. The van der Waals surface area contributed by atoms with E-state index >= 15 is 0 Å². The third-order valence-electron chi connectivity index (χ3n) is 2.52. The van der Waals surface area contributed by atoms with E-state index in [1.54, 1.807) is 35.7 Å². The lowest BCUT2D eigenvalue weighted by molar-refractivity contribution is 0.561. The van der Waals surface area contributed by atoms with Crippen LogP contribution < -0.4 is 5.63 Å². The Labute approximate surface area is 123 Å². The Hall–Kier alpha value is -1.88. The summed E-state index contributed by atoms with van der Waals surface area (Å²) in [5.74, 6) is 0. The molecule has 1 unspecified atom stereocenters. The van der Waals surface area contributed by atoms with Crippen molar-refractivity contribution in [1.82, 2.24) is 0 Å². The average molecular weight is 305 g/mol. The minimum Gasteiger partial charge on any atom is -0.423 e. The summed E-state index contributed by atoms with van der Waals surface area (Å²) >= 11 is 4.45.